The SMILES string of the molecule is C[CH-][C@H]1CCC2C3C(CC[C@@]21C)[C@@]1(C)CC[C@@H](O)C[C@H]1[C@@H](CC)[C@H]3O.O=[C-]O.[Y]. The predicted molar refractivity (Wildman–Crippen MR) is 110 cm³/mol. The minimum Gasteiger partial charge on any atom is -0.665 e. The Hall–Kier alpha value is 0.494. The molecule has 1 radical (unpaired) electrons. The van der Waals surface area contributed by atoms with Crippen molar-refractivity contribution in [3.05, 3.63) is 6.42 Å². The van der Waals surface area contributed by atoms with Gasteiger partial charge in [0.05, 0.1) is 12.2 Å². The smallest absolute Gasteiger partial charge is 0.0605 e. The van der Waals surface area contributed by atoms with Crippen LogP contribution in [0.25, 0.3) is 0 Å². The molecule has 0 amide bonds. The predicted octanol–water partition coefficient (Wildman–Crippen LogP) is 4.45. The van der Waals surface area contributed by atoms with Gasteiger partial charge >= 0.3 is 0 Å². The van der Waals surface area contributed by atoms with Crippen LogP contribution in [0.4, 0.5) is 0 Å². The van der Waals surface area contributed by atoms with Gasteiger partial charge in [-0.25, -0.2) is 0 Å². The van der Waals surface area contributed by atoms with E-state index in [2.05, 4.69) is 34.1 Å². The van der Waals surface area contributed by atoms with Crippen LogP contribution in [0.2, 0.25) is 0 Å². The van der Waals surface area contributed by atoms with Gasteiger partial charge in [-0.3, -0.25) is 0 Å². The molecule has 4 aliphatic rings. The molecule has 0 spiro atoms. The van der Waals surface area contributed by atoms with Crippen LogP contribution >= 0.6 is 0 Å². The van der Waals surface area contributed by atoms with Gasteiger partial charge in [-0.05, 0) is 67.1 Å². The molecule has 10 atom stereocenters. The monoisotopic (exact) mass is 481 g/mol. The first-order valence-corrected chi connectivity index (χ1v) is 11.4. The molecular formula is C24H40O4Y-2. The Morgan fingerprint density at radius 1 is 1.00 bits per heavy atom. The van der Waals surface area contributed by atoms with E-state index in [4.69, 9.17) is 9.90 Å². The number of hydrogen-bond acceptors (Lipinski definition) is 3. The molecule has 4 aliphatic carbocycles. The van der Waals surface area contributed by atoms with E-state index in [9.17, 15) is 10.2 Å². The van der Waals surface area contributed by atoms with Gasteiger partial charge in [-0.15, -0.1) is 0 Å². The van der Waals surface area contributed by atoms with Gasteiger partial charge in [0.25, 0.3) is 0 Å². The third-order valence-corrected chi connectivity index (χ3v) is 9.87. The average molecular weight is 481 g/mol. The zero-order valence-corrected chi connectivity index (χ0v) is 21.5. The van der Waals surface area contributed by atoms with Crippen molar-refractivity contribution in [1.82, 2.24) is 0 Å². The Kier molecular flexibility index (Phi) is 8.85. The van der Waals surface area contributed by atoms with Crippen molar-refractivity contribution < 1.29 is 52.8 Å². The van der Waals surface area contributed by atoms with Crippen LogP contribution < -0.4 is 0 Å². The summed E-state index contributed by atoms with van der Waals surface area (Å²) >= 11 is 0. The van der Waals surface area contributed by atoms with E-state index in [-0.39, 0.29) is 44.9 Å². The third kappa shape index (κ3) is 4.14. The first kappa shape index (κ1) is 25.8. The fourth-order valence-electron chi connectivity index (χ4n) is 8.55. The summed E-state index contributed by atoms with van der Waals surface area (Å²) in [6.45, 7) is 10.1. The number of fused-ring (bicyclic) bond motifs is 5. The molecule has 4 fully saturated rings. The van der Waals surface area contributed by atoms with Gasteiger partial charge in [0.15, 0.2) is 0 Å². The number of hydrogen-bond donors (Lipinski definition) is 3. The second kappa shape index (κ2) is 9.96. The Labute approximate surface area is 202 Å². The Morgan fingerprint density at radius 2 is 1.59 bits per heavy atom. The van der Waals surface area contributed by atoms with E-state index in [0.717, 1.165) is 31.6 Å². The van der Waals surface area contributed by atoms with E-state index in [1.165, 1.54) is 25.7 Å². The minimum atomic E-state index is -0.154. The van der Waals surface area contributed by atoms with Crippen LogP contribution in [0.3, 0.4) is 0 Å². The number of aliphatic hydroxyl groups excluding tert-OH is 3. The third-order valence-electron chi connectivity index (χ3n) is 9.87. The van der Waals surface area contributed by atoms with Crippen LogP contribution in [0.5, 0.6) is 0 Å². The topological polar surface area (TPSA) is 77.8 Å². The molecule has 29 heavy (non-hydrogen) atoms. The maximum absolute atomic E-state index is 11.5. The summed E-state index contributed by atoms with van der Waals surface area (Å²) in [5.74, 6) is 3.48. The van der Waals surface area contributed by atoms with Gasteiger partial charge in [0.1, 0.15) is 0 Å². The molecule has 0 aromatic rings. The fraction of sp³-hybridized carbons (Fsp3) is 0.917. The molecule has 5 heteroatoms. The average Bonchev–Trinajstić information content (AvgIpc) is 3.00. The van der Waals surface area contributed by atoms with Crippen LogP contribution in [0.1, 0.15) is 79.1 Å². The zero-order chi connectivity index (χ0) is 20.7. The summed E-state index contributed by atoms with van der Waals surface area (Å²) < 4.78 is 0. The molecule has 4 rings (SSSR count). The maximum Gasteiger partial charge on any atom is 0.0605 e. The van der Waals surface area contributed by atoms with E-state index in [1.54, 1.807) is 0 Å². The fourth-order valence-corrected chi connectivity index (χ4v) is 8.55. The van der Waals surface area contributed by atoms with E-state index in [1.807, 2.05) is 0 Å². The van der Waals surface area contributed by atoms with Gasteiger partial charge in [-0.2, -0.15) is 12.8 Å². The summed E-state index contributed by atoms with van der Waals surface area (Å²) in [6, 6.07) is 0. The molecule has 4 saturated carbocycles. The Bertz CT molecular complexity index is 557. The van der Waals surface area contributed by atoms with E-state index in [0.29, 0.717) is 46.9 Å². The summed E-state index contributed by atoms with van der Waals surface area (Å²) in [6.07, 6.45) is 11.5. The second-order valence-corrected chi connectivity index (χ2v) is 10.5. The zero-order valence-electron chi connectivity index (χ0n) is 18.7. The van der Waals surface area contributed by atoms with Crippen molar-refractivity contribution in [1.29, 1.82) is 0 Å². The molecule has 0 aliphatic heterocycles. The molecule has 165 valence electrons. The molecule has 3 N–H and O–H groups in total. The first-order valence-electron chi connectivity index (χ1n) is 11.4. The Morgan fingerprint density at radius 3 is 2.17 bits per heavy atom. The van der Waals surface area contributed by atoms with Gasteiger partial charge in [0.2, 0.25) is 0 Å². The summed E-state index contributed by atoms with van der Waals surface area (Å²) in [5, 5.41) is 28.6. The van der Waals surface area contributed by atoms with E-state index < -0.39 is 0 Å². The number of rotatable bonds is 2. The Balaban J connectivity index is 0.000000708. The summed E-state index contributed by atoms with van der Waals surface area (Å²) in [7, 11) is 0. The molecule has 3 unspecified atom stereocenters. The van der Waals surface area contributed by atoms with Gasteiger partial charge < -0.3 is 26.5 Å². The second-order valence-electron chi connectivity index (χ2n) is 10.5. The quantitative estimate of drug-likeness (QED) is 0.510. The maximum atomic E-state index is 11.5. The molecule has 0 bridgehead atoms. The normalized spacial score (nSPS) is 50.7. The minimum absolute atomic E-state index is 0. The van der Waals surface area contributed by atoms with Crippen LogP contribution in [-0.2, 0) is 37.5 Å². The number of aliphatic hydroxyl groups is 2. The van der Waals surface area contributed by atoms with Crippen molar-refractivity contribution in [3.8, 4) is 0 Å². The van der Waals surface area contributed by atoms with Crippen molar-refractivity contribution in [3.63, 3.8) is 0 Å². The molecule has 0 saturated heterocycles. The molecule has 0 aromatic heterocycles. The molecule has 0 heterocycles. The molecule has 0 aromatic carbocycles. The van der Waals surface area contributed by atoms with Crippen molar-refractivity contribution >= 4 is 6.47 Å². The van der Waals surface area contributed by atoms with Crippen LogP contribution in [-0.4, -0.2) is 34.0 Å². The summed E-state index contributed by atoms with van der Waals surface area (Å²) in [5.41, 5.74) is 0.742. The molecule has 4 nitrogen and oxygen atoms in total. The van der Waals surface area contributed by atoms with Crippen molar-refractivity contribution in [2.75, 3.05) is 0 Å². The summed E-state index contributed by atoms with van der Waals surface area (Å²) in [4.78, 5) is 8.24. The molecular weight excluding hydrogens is 441 g/mol. The van der Waals surface area contributed by atoms with Crippen LogP contribution in [0, 0.1) is 52.8 Å². The standard InChI is InChI=1S/C23H39O2.CHO2.Y/c1-5-14-7-8-17-20-18(10-12-22(14,17)3)23(4)11-9-15(24)13-19(23)16(6-2)21(20)25;2-1-3;/h5,14-21,24-25H,6-13H2,1-4H3;(H,2,3);/q2*-1;/t14-,15+,16+,17?,18?,19-,20?,21+,22+,23+;;/m0../s1. The van der Waals surface area contributed by atoms with Crippen molar-refractivity contribution in [2.45, 2.75) is 91.3 Å². The van der Waals surface area contributed by atoms with Crippen molar-refractivity contribution in [2.24, 2.45) is 46.3 Å². The van der Waals surface area contributed by atoms with E-state index >= 15 is 0 Å². The van der Waals surface area contributed by atoms with Gasteiger partial charge in [-0.1, -0.05) is 51.9 Å². The van der Waals surface area contributed by atoms with Gasteiger partial charge in [0, 0.05) is 32.7 Å². The van der Waals surface area contributed by atoms with Crippen LogP contribution in [0.15, 0.2) is 0 Å². The first-order chi connectivity index (χ1) is 13.3. The largest absolute Gasteiger partial charge is 0.665 e.